The number of likely N-dealkylation sites (N-methyl/N-ethyl adjacent to an activating group) is 1. The van der Waals surface area contributed by atoms with Gasteiger partial charge in [-0.2, -0.15) is 0 Å². The van der Waals surface area contributed by atoms with Gasteiger partial charge in [-0.25, -0.2) is 14.2 Å². The number of nitrogens with one attached hydrogen (secondary N) is 1. The van der Waals surface area contributed by atoms with Crippen molar-refractivity contribution in [2.24, 2.45) is 0 Å². The first-order chi connectivity index (χ1) is 13.0. The average molecular weight is 380 g/mol. The minimum atomic E-state index is -2.01. The molecule has 1 amide bonds. The van der Waals surface area contributed by atoms with Gasteiger partial charge in [0.1, 0.15) is 0 Å². The molecule has 8 heteroatoms. The summed E-state index contributed by atoms with van der Waals surface area (Å²) in [5, 5.41) is 3.09. The van der Waals surface area contributed by atoms with E-state index in [0.29, 0.717) is 22.2 Å². The van der Waals surface area contributed by atoms with Crippen LogP contribution in [0, 0.1) is 0 Å². The van der Waals surface area contributed by atoms with Crippen molar-refractivity contribution in [3.05, 3.63) is 60.3 Å². The van der Waals surface area contributed by atoms with Gasteiger partial charge in [-0.15, -0.1) is 0 Å². The van der Waals surface area contributed by atoms with Crippen LogP contribution in [0.4, 0.5) is 17.3 Å². The Kier molecular flexibility index (Phi) is 4.43. The first kappa shape index (κ1) is 17.3. The molecule has 2 N–H and O–H groups in total. The van der Waals surface area contributed by atoms with Gasteiger partial charge in [0.05, 0.1) is 22.7 Å². The highest BCUT2D eigenvalue weighted by atomic mass is 32.2. The number of carbonyl (C=O) groups is 1. The van der Waals surface area contributed by atoms with Crippen LogP contribution in [-0.2, 0) is 22.3 Å². The number of rotatable bonds is 3. The van der Waals surface area contributed by atoms with Gasteiger partial charge < -0.3 is 14.8 Å². The third-order valence-corrected chi connectivity index (χ3v) is 5.09. The van der Waals surface area contributed by atoms with Crippen LogP contribution in [0.5, 0.6) is 0 Å². The van der Waals surface area contributed by atoms with E-state index >= 15 is 0 Å². The van der Waals surface area contributed by atoms with E-state index in [9.17, 15) is 9.00 Å². The second-order valence-corrected chi connectivity index (χ2v) is 7.08. The van der Waals surface area contributed by atoms with E-state index in [4.69, 9.17) is 4.55 Å². The first-order valence-electron chi connectivity index (χ1n) is 8.23. The molecule has 0 radical (unpaired) electrons. The summed E-state index contributed by atoms with van der Waals surface area (Å²) in [4.78, 5) is 23.3. The number of nitrogens with zero attached hydrogens (tertiary/aromatic N) is 3. The van der Waals surface area contributed by atoms with Crippen molar-refractivity contribution in [3.63, 3.8) is 0 Å². The van der Waals surface area contributed by atoms with Crippen LogP contribution in [0.1, 0.15) is 5.56 Å². The smallest absolute Gasteiger partial charge is 0.231 e. The Morgan fingerprint density at radius 2 is 1.89 bits per heavy atom. The van der Waals surface area contributed by atoms with Gasteiger partial charge in [0, 0.05) is 30.1 Å². The zero-order valence-electron chi connectivity index (χ0n) is 14.4. The third kappa shape index (κ3) is 3.32. The summed E-state index contributed by atoms with van der Waals surface area (Å²) in [6.45, 7) is 0. The molecule has 2 aromatic carbocycles. The highest BCUT2D eigenvalue weighted by Crippen LogP contribution is 2.35. The molecule has 4 rings (SSSR count). The summed E-state index contributed by atoms with van der Waals surface area (Å²) in [5.74, 6) is 0.372. The van der Waals surface area contributed by atoms with Gasteiger partial charge in [0.15, 0.2) is 11.1 Å². The molecule has 1 aromatic heterocycles. The Morgan fingerprint density at radius 1 is 1.15 bits per heavy atom. The molecule has 7 nitrogen and oxygen atoms in total. The van der Waals surface area contributed by atoms with Crippen LogP contribution < -0.4 is 10.2 Å². The first-order valence-corrected chi connectivity index (χ1v) is 9.33. The topological polar surface area (TPSA) is 95.4 Å². The molecule has 1 aliphatic rings. The summed E-state index contributed by atoms with van der Waals surface area (Å²) < 4.78 is 20.2. The largest absolute Gasteiger partial charge is 0.324 e. The van der Waals surface area contributed by atoms with Gasteiger partial charge in [0.25, 0.3) is 0 Å². The fourth-order valence-corrected chi connectivity index (χ4v) is 3.36. The van der Waals surface area contributed by atoms with E-state index < -0.39 is 11.1 Å². The molecule has 3 aromatic rings. The van der Waals surface area contributed by atoms with Crippen molar-refractivity contribution in [2.45, 2.75) is 11.3 Å². The number of carbonyl (C=O) groups excluding carboxylic acids is 1. The lowest BCUT2D eigenvalue weighted by atomic mass is 10.1. The molecule has 0 saturated heterocycles. The highest BCUT2D eigenvalue weighted by Gasteiger charge is 2.24. The number of benzene rings is 2. The molecule has 0 saturated carbocycles. The maximum Gasteiger partial charge on any atom is 0.231 e. The van der Waals surface area contributed by atoms with Gasteiger partial charge in [0.2, 0.25) is 11.9 Å². The zero-order chi connectivity index (χ0) is 19.0. The molecular formula is C19H16N4O3S. The van der Waals surface area contributed by atoms with Crippen molar-refractivity contribution >= 4 is 34.3 Å². The second-order valence-electron chi connectivity index (χ2n) is 6.11. The number of anilines is 3. The summed E-state index contributed by atoms with van der Waals surface area (Å²) in [6, 6.07) is 14.1. The van der Waals surface area contributed by atoms with Crippen LogP contribution in [0.3, 0.4) is 0 Å². The molecule has 1 aliphatic heterocycles. The number of aromatic nitrogens is 2. The normalized spacial score (nSPS) is 14.1. The molecule has 1 atom stereocenters. The highest BCUT2D eigenvalue weighted by molar-refractivity contribution is 7.79. The van der Waals surface area contributed by atoms with Crippen molar-refractivity contribution in [3.8, 4) is 11.3 Å². The molecule has 0 spiro atoms. The summed E-state index contributed by atoms with van der Waals surface area (Å²) in [7, 11) is 1.76. The van der Waals surface area contributed by atoms with Crippen molar-refractivity contribution < 1.29 is 13.6 Å². The second kappa shape index (κ2) is 6.90. The van der Waals surface area contributed by atoms with Crippen LogP contribution in [0.25, 0.3) is 11.3 Å². The fourth-order valence-electron chi connectivity index (χ4n) is 3.00. The summed E-state index contributed by atoms with van der Waals surface area (Å²) >= 11 is -2.01. The Hall–Kier alpha value is -3.10. The van der Waals surface area contributed by atoms with E-state index in [2.05, 4.69) is 15.3 Å². The Bertz CT molecular complexity index is 1050. The van der Waals surface area contributed by atoms with E-state index in [1.54, 1.807) is 42.4 Å². The lowest BCUT2D eigenvalue weighted by Gasteiger charge is -2.16. The molecule has 0 bridgehead atoms. The Balaban J connectivity index is 1.72. The van der Waals surface area contributed by atoms with E-state index in [1.165, 1.54) is 0 Å². The molecule has 27 heavy (non-hydrogen) atoms. The van der Waals surface area contributed by atoms with Gasteiger partial charge >= 0.3 is 0 Å². The maximum absolute atomic E-state index is 12.4. The predicted molar refractivity (Wildman–Crippen MR) is 103 cm³/mol. The standard InChI is InChI=1S/C19H16N4O3S/c1-23-16-5-3-2-4-15(16)18-12(10-17(23)24)11-20-19(22-18)21-13-6-8-14(9-7-13)27(25)26/h2-9,11H,10H2,1H3,(H,25,26)(H,20,21,22). The maximum atomic E-state index is 12.4. The summed E-state index contributed by atoms with van der Waals surface area (Å²) in [5.41, 5.74) is 3.86. The molecule has 1 unspecified atom stereocenters. The number of fused-ring (bicyclic) bond motifs is 3. The molecule has 0 aliphatic carbocycles. The molecule has 2 heterocycles. The van der Waals surface area contributed by atoms with Gasteiger partial charge in [-0.05, 0) is 30.3 Å². The molecule has 0 fully saturated rings. The quantitative estimate of drug-likeness (QED) is 0.678. The van der Waals surface area contributed by atoms with E-state index in [-0.39, 0.29) is 12.3 Å². The average Bonchev–Trinajstić information content (AvgIpc) is 2.78. The van der Waals surface area contributed by atoms with Crippen LogP contribution in [0.15, 0.2) is 59.6 Å². The summed E-state index contributed by atoms with van der Waals surface area (Å²) in [6.07, 6.45) is 1.90. The minimum absolute atomic E-state index is 0.0156. The number of hydrogen-bond acceptors (Lipinski definition) is 5. The van der Waals surface area contributed by atoms with Crippen LogP contribution in [0.2, 0.25) is 0 Å². The van der Waals surface area contributed by atoms with Crippen LogP contribution >= 0.6 is 0 Å². The minimum Gasteiger partial charge on any atom is -0.324 e. The van der Waals surface area contributed by atoms with E-state index in [0.717, 1.165) is 16.8 Å². The third-order valence-electron chi connectivity index (χ3n) is 4.41. The van der Waals surface area contributed by atoms with E-state index in [1.807, 2.05) is 24.3 Å². The van der Waals surface area contributed by atoms with Gasteiger partial charge in [-0.1, -0.05) is 18.2 Å². The predicted octanol–water partition coefficient (Wildman–Crippen LogP) is 2.99. The van der Waals surface area contributed by atoms with Crippen molar-refractivity contribution in [2.75, 3.05) is 17.3 Å². The van der Waals surface area contributed by atoms with Crippen molar-refractivity contribution in [1.29, 1.82) is 0 Å². The fraction of sp³-hybridized carbons (Fsp3) is 0.105. The Morgan fingerprint density at radius 3 is 2.63 bits per heavy atom. The monoisotopic (exact) mass is 380 g/mol. The lowest BCUT2D eigenvalue weighted by Crippen LogP contribution is -2.26. The molecule has 136 valence electrons. The van der Waals surface area contributed by atoms with Crippen molar-refractivity contribution in [1.82, 2.24) is 9.97 Å². The number of hydrogen-bond donors (Lipinski definition) is 2. The SMILES string of the molecule is CN1C(=O)Cc2cnc(Nc3ccc(S(=O)O)cc3)nc2-c2ccccc21. The van der Waals surface area contributed by atoms with Crippen LogP contribution in [-0.4, -0.2) is 31.7 Å². The zero-order valence-corrected chi connectivity index (χ0v) is 15.2. The number of amides is 1. The number of para-hydroxylation sites is 1. The lowest BCUT2D eigenvalue weighted by molar-refractivity contribution is -0.117. The van der Waals surface area contributed by atoms with Gasteiger partial charge in [-0.3, -0.25) is 4.79 Å². The Labute approximate surface area is 158 Å². The molecular weight excluding hydrogens is 364 g/mol.